The van der Waals surface area contributed by atoms with E-state index >= 15 is 0 Å². The Morgan fingerprint density at radius 2 is 2.24 bits per heavy atom. The first-order valence-electron chi connectivity index (χ1n) is 6.87. The maximum absolute atomic E-state index is 12.0. The molecule has 0 bridgehead atoms. The molecule has 0 saturated carbocycles. The van der Waals surface area contributed by atoms with Gasteiger partial charge in [-0.05, 0) is 44.9 Å². The van der Waals surface area contributed by atoms with E-state index in [4.69, 9.17) is 4.74 Å². The van der Waals surface area contributed by atoms with Crippen LogP contribution in [-0.2, 0) is 9.53 Å². The largest absolute Gasteiger partial charge is 0.381 e. The Hall–Kier alpha value is -0.610. The minimum atomic E-state index is 0.0169. The van der Waals surface area contributed by atoms with Gasteiger partial charge in [0.25, 0.3) is 0 Å². The third-order valence-corrected chi connectivity index (χ3v) is 3.75. The average molecular weight is 240 g/mol. The van der Waals surface area contributed by atoms with E-state index < -0.39 is 0 Å². The van der Waals surface area contributed by atoms with Crippen molar-refractivity contribution < 1.29 is 9.53 Å². The quantitative estimate of drug-likeness (QED) is 0.775. The SMILES string of the molecule is CC1CCCC(C(=O)NCC2CCCOC2)N1. The Bertz CT molecular complexity index is 252. The summed E-state index contributed by atoms with van der Waals surface area (Å²) in [6.07, 6.45) is 5.60. The van der Waals surface area contributed by atoms with Crippen LogP contribution in [0.25, 0.3) is 0 Å². The maximum atomic E-state index is 12.0. The minimum Gasteiger partial charge on any atom is -0.381 e. The highest BCUT2D eigenvalue weighted by Crippen LogP contribution is 2.14. The van der Waals surface area contributed by atoms with E-state index in [-0.39, 0.29) is 11.9 Å². The highest BCUT2D eigenvalue weighted by molar-refractivity contribution is 5.81. The molecule has 2 fully saturated rings. The normalized spacial score (nSPS) is 34.3. The fourth-order valence-corrected chi connectivity index (χ4v) is 2.68. The monoisotopic (exact) mass is 240 g/mol. The van der Waals surface area contributed by atoms with E-state index in [2.05, 4.69) is 17.6 Å². The zero-order valence-corrected chi connectivity index (χ0v) is 10.7. The fourth-order valence-electron chi connectivity index (χ4n) is 2.68. The smallest absolute Gasteiger partial charge is 0.237 e. The number of carbonyl (C=O) groups is 1. The molecule has 98 valence electrons. The molecule has 0 aliphatic carbocycles. The fraction of sp³-hybridized carbons (Fsp3) is 0.923. The first-order chi connectivity index (χ1) is 8.25. The third kappa shape index (κ3) is 3.96. The van der Waals surface area contributed by atoms with Crippen molar-refractivity contribution in [3.05, 3.63) is 0 Å². The number of rotatable bonds is 3. The second kappa shape index (κ2) is 6.36. The number of nitrogens with one attached hydrogen (secondary N) is 2. The van der Waals surface area contributed by atoms with Gasteiger partial charge in [-0.3, -0.25) is 4.79 Å². The van der Waals surface area contributed by atoms with Crippen molar-refractivity contribution in [1.82, 2.24) is 10.6 Å². The van der Waals surface area contributed by atoms with Crippen LogP contribution in [0.1, 0.15) is 39.0 Å². The molecule has 0 aromatic rings. The summed E-state index contributed by atoms with van der Waals surface area (Å²) >= 11 is 0. The Morgan fingerprint density at radius 1 is 1.35 bits per heavy atom. The maximum Gasteiger partial charge on any atom is 0.237 e. The molecule has 1 amide bonds. The van der Waals surface area contributed by atoms with E-state index in [1.807, 2.05) is 0 Å². The van der Waals surface area contributed by atoms with E-state index in [1.165, 1.54) is 12.8 Å². The molecule has 17 heavy (non-hydrogen) atoms. The molecule has 3 atom stereocenters. The van der Waals surface area contributed by atoms with Gasteiger partial charge in [-0.2, -0.15) is 0 Å². The van der Waals surface area contributed by atoms with Crippen LogP contribution in [0.2, 0.25) is 0 Å². The van der Waals surface area contributed by atoms with Crippen LogP contribution in [0.3, 0.4) is 0 Å². The molecule has 2 N–H and O–H groups in total. The highest BCUT2D eigenvalue weighted by atomic mass is 16.5. The van der Waals surface area contributed by atoms with Crippen molar-refractivity contribution in [2.45, 2.75) is 51.1 Å². The second-order valence-corrected chi connectivity index (χ2v) is 5.38. The number of ether oxygens (including phenoxy) is 1. The molecule has 0 radical (unpaired) electrons. The molecule has 3 unspecified atom stereocenters. The topological polar surface area (TPSA) is 50.4 Å². The zero-order valence-electron chi connectivity index (χ0n) is 10.7. The number of piperidine rings is 1. The number of hydrogen-bond acceptors (Lipinski definition) is 3. The van der Waals surface area contributed by atoms with E-state index in [1.54, 1.807) is 0 Å². The first kappa shape index (κ1) is 12.8. The predicted molar refractivity (Wildman–Crippen MR) is 66.8 cm³/mol. The summed E-state index contributed by atoms with van der Waals surface area (Å²) in [6.45, 7) is 4.60. The molecule has 2 rings (SSSR count). The summed E-state index contributed by atoms with van der Waals surface area (Å²) in [5, 5.41) is 6.42. The van der Waals surface area contributed by atoms with Gasteiger partial charge in [0.2, 0.25) is 5.91 Å². The van der Waals surface area contributed by atoms with Crippen LogP contribution >= 0.6 is 0 Å². The van der Waals surface area contributed by atoms with Crippen molar-refractivity contribution in [2.24, 2.45) is 5.92 Å². The highest BCUT2D eigenvalue weighted by Gasteiger charge is 2.24. The van der Waals surface area contributed by atoms with Crippen LogP contribution in [0.5, 0.6) is 0 Å². The summed E-state index contributed by atoms with van der Waals surface area (Å²) in [6, 6.07) is 0.487. The molecule has 0 aromatic carbocycles. The van der Waals surface area contributed by atoms with Crippen molar-refractivity contribution in [1.29, 1.82) is 0 Å². The van der Waals surface area contributed by atoms with Gasteiger partial charge in [-0.15, -0.1) is 0 Å². The first-order valence-corrected chi connectivity index (χ1v) is 6.87. The van der Waals surface area contributed by atoms with Crippen LogP contribution < -0.4 is 10.6 Å². The van der Waals surface area contributed by atoms with Crippen LogP contribution in [-0.4, -0.2) is 37.7 Å². The number of carbonyl (C=O) groups excluding carboxylic acids is 1. The average Bonchev–Trinajstić information content (AvgIpc) is 2.37. The molecular weight excluding hydrogens is 216 g/mol. The van der Waals surface area contributed by atoms with Crippen LogP contribution in [0.4, 0.5) is 0 Å². The van der Waals surface area contributed by atoms with Gasteiger partial charge in [0.05, 0.1) is 12.6 Å². The van der Waals surface area contributed by atoms with Crippen molar-refractivity contribution >= 4 is 5.91 Å². The number of hydrogen-bond donors (Lipinski definition) is 2. The molecule has 4 nitrogen and oxygen atoms in total. The van der Waals surface area contributed by atoms with Crippen LogP contribution in [0.15, 0.2) is 0 Å². The van der Waals surface area contributed by atoms with E-state index in [0.29, 0.717) is 12.0 Å². The van der Waals surface area contributed by atoms with Gasteiger partial charge in [0.1, 0.15) is 0 Å². The van der Waals surface area contributed by atoms with Gasteiger partial charge in [0.15, 0.2) is 0 Å². The molecule has 2 saturated heterocycles. The second-order valence-electron chi connectivity index (χ2n) is 5.38. The lowest BCUT2D eigenvalue weighted by Gasteiger charge is -2.29. The summed E-state index contributed by atoms with van der Waals surface area (Å²) < 4.78 is 5.41. The summed E-state index contributed by atoms with van der Waals surface area (Å²) in [7, 11) is 0. The zero-order chi connectivity index (χ0) is 12.1. The lowest BCUT2D eigenvalue weighted by atomic mass is 9.98. The molecule has 2 aliphatic heterocycles. The lowest BCUT2D eigenvalue weighted by Crippen LogP contribution is -2.51. The van der Waals surface area contributed by atoms with Crippen molar-refractivity contribution in [3.63, 3.8) is 0 Å². The van der Waals surface area contributed by atoms with Gasteiger partial charge in [0, 0.05) is 19.2 Å². The minimum absolute atomic E-state index is 0.0169. The van der Waals surface area contributed by atoms with Crippen molar-refractivity contribution in [2.75, 3.05) is 19.8 Å². The van der Waals surface area contributed by atoms with Gasteiger partial charge < -0.3 is 15.4 Å². The summed E-state index contributed by atoms with van der Waals surface area (Å²) in [5.41, 5.74) is 0. The Morgan fingerprint density at radius 3 is 2.94 bits per heavy atom. The molecule has 0 spiro atoms. The molecule has 2 heterocycles. The van der Waals surface area contributed by atoms with Gasteiger partial charge in [-0.1, -0.05) is 0 Å². The molecule has 2 aliphatic rings. The molecular formula is C13H24N2O2. The lowest BCUT2D eigenvalue weighted by molar-refractivity contribution is -0.124. The summed E-state index contributed by atoms with van der Waals surface area (Å²) in [5.74, 6) is 0.677. The Kier molecular flexibility index (Phi) is 4.80. The number of amides is 1. The van der Waals surface area contributed by atoms with Gasteiger partial charge in [-0.25, -0.2) is 0 Å². The predicted octanol–water partition coefficient (Wildman–Crippen LogP) is 1.06. The van der Waals surface area contributed by atoms with Gasteiger partial charge >= 0.3 is 0 Å². The molecule has 0 aromatic heterocycles. The van der Waals surface area contributed by atoms with Crippen LogP contribution in [0, 0.1) is 5.92 Å². The van der Waals surface area contributed by atoms with E-state index in [9.17, 15) is 4.79 Å². The Balaban J connectivity index is 1.69. The standard InChI is InChI=1S/C13H24N2O2/c1-10-4-2-6-12(15-10)13(16)14-8-11-5-3-7-17-9-11/h10-12,15H,2-9H2,1H3,(H,14,16). The van der Waals surface area contributed by atoms with Crippen molar-refractivity contribution in [3.8, 4) is 0 Å². The molecule has 4 heteroatoms. The summed E-state index contributed by atoms with van der Waals surface area (Å²) in [4.78, 5) is 12.0. The van der Waals surface area contributed by atoms with E-state index in [0.717, 1.165) is 39.0 Å². The third-order valence-electron chi connectivity index (χ3n) is 3.75. The Labute approximate surface area is 103 Å².